The molecule has 2 atom stereocenters. The highest BCUT2D eigenvalue weighted by molar-refractivity contribution is 7.85. The maximum atomic E-state index is 11.4. The van der Waals surface area contributed by atoms with Crippen molar-refractivity contribution in [3.8, 4) is 0 Å². The van der Waals surface area contributed by atoms with Gasteiger partial charge in [0.2, 0.25) is 0 Å². The molecule has 0 aromatic rings. The average molecular weight is 207 g/mol. The second kappa shape index (κ2) is 5.73. The molecule has 80 valence electrons. The first-order valence-corrected chi connectivity index (χ1v) is 6.02. The van der Waals surface area contributed by atoms with E-state index in [9.17, 15) is 4.21 Å². The van der Waals surface area contributed by atoms with Crippen LogP contribution in [0.1, 0.15) is 27.2 Å². The first-order valence-electron chi connectivity index (χ1n) is 4.53. The van der Waals surface area contributed by atoms with E-state index < -0.39 is 10.8 Å². The van der Waals surface area contributed by atoms with Crippen molar-refractivity contribution in [2.24, 2.45) is 5.73 Å². The quantitative estimate of drug-likeness (QED) is 0.704. The summed E-state index contributed by atoms with van der Waals surface area (Å²) < 4.78 is 16.6. The SMILES string of the molecule is COC(C)(C)CCS(=O)CC(C)N. The van der Waals surface area contributed by atoms with Crippen LogP contribution >= 0.6 is 0 Å². The van der Waals surface area contributed by atoms with Gasteiger partial charge >= 0.3 is 0 Å². The predicted octanol–water partition coefficient (Wildman–Crippen LogP) is 0.897. The van der Waals surface area contributed by atoms with Gasteiger partial charge in [-0.25, -0.2) is 0 Å². The Labute approximate surface area is 83.5 Å². The molecule has 0 spiro atoms. The minimum atomic E-state index is -0.803. The third-order valence-electron chi connectivity index (χ3n) is 1.93. The van der Waals surface area contributed by atoms with Crippen molar-refractivity contribution in [3.05, 3.63) is 0 Å². The summed E-state index contributed by atoms with van der Waals surface area (Å²) in [5.74, 6) is 1.25. The van der Waals surface area contributed by atoms with Gasteiger partial charge in [0.15, 0.2) is 0 Å². The van der Waals surface area contributed by atoms with Gasteiger partial charge in [-0.2, -0.15) is 0 Å². The Balaban J connectivity index is 3.70. The van der Waals surface area contributed by atoms with Crippen LogP contribution in [0.15, 0.2) is 0 Å². The molecule has 0 aliphatic carbocycles. The van der Waals surface area contributed by atoms with Gasteiger partial charge in [-0.3, -0.25) is 4.21 Å². The molecule has 0 saturated carbocycles. The molecule has 0 aliphatic rings. The fraction of sp³-hybridized carbons (Fsp3) is 1.00. The highest BCUT2D eigenvalue weighted by atomic mass is 32.2. The number of methoxy groups -OCH3 is 1. The third kappa shape index (κ3) is 7.16. The summed E-state index contributed by atoms with van der Waals surface area (Å²) in [6.07, 6.45) is 0.808. The summed E-state index contributed by atoms with van der Waals surface area (Å²) in [5, 5.41) is 0. The normalized spacial score (nSPS) is 17.0. The summed E-state index contributed by atoms with van der Waals surface area (Å²) in [4.78, 5) is 0. The van der Waals surface area contributed by atoms with E-state index in [0.29, 0.717) is 11.5 Å². The molecule has 0 aliphatic heterocycles. The largest absolute Gasteiger partial charge is 0.379 e. The molecule has 0 amide bonds. The average Bonchev–Trinajstić information content (AvgIpc) is 2.00. The molecule has 0 bridgehead atoms. The van der Waals surface area contributed by atoms with E-state index in [4.69, 9.17) is 10.5 Å². The Morgan fingerprint density at radius 1 is 1.54 bits per heavy atom. The summed E-state index contributed by atoms with van der Waals surface area (Å²) in [7, 11) is 0.872. The molecule has 13 heavy (non-hydrogen) atoms. The van der Waals surface area contributed by atoms with Crippen molar-refractivity contribution in [2.45, 2.75) is 38.8 Å². The summed E-state index contributed by atoms with van der Waals surface area (Å²) in [6.45, 7) is 5.87. The van der Waals surface area contributed by atoms with Gasteiger partial charge in [0.05, 0.1) is 5.60 Å². The molecule has 2 N–H and O–H groups in total. The molecule has 3 nitrogen and oxygen atoms in total. The lowest BCUT2D eigenvalue weighted by Crippen LogP contribution is -2.28. The van der Waals surface area contributed by atoms with Gasteiger partial charge in [0.25, 0.3) is 0 Å². The second-order valence-corrected chi connectivity index (χ2v) is 5.62. The van der Waals surface area contributed by atoms with Gasteiger partial charge in [-0.15, -0.1) is 0 Å². The first-order chi connectivity index (χ1) is 5.87. The molecule has 4 heteroatoms. The fourth-order valence-electron chi connectivity index (χ4n) is 0.838. The van der Waals surface area contributed by atoms with E-state index in [0.717, 1.165) is 6.42 Å². The van der Waals surface area contributed by atoms with Gasteiger partial charge in [-0.1, -0.05) is 0 Å². The predicted molar refractivity (Wildman–Crippen MR) is 57.2 cm³/mol. The zero-order valence-corrected chi connectivity index (χ0v) is 9.82. The zero-order chi connectivity index (χ0) is 10.5. The Morgan fingerprint density at radius 2 is 2.08 bits per heavy atom. The molecule has 0 heterocycles. The minimum Gasteiger partial charge on any atom is -0.379 e. The molecule has 0 fully saturated rings. The summed E-state index contributed by atoms with van der Waals surface area (Å²) in [5.41, 5.74) is 5.37. The van der Waals surface area contributed by atoms with Crippen LogP contribution in [0.2, 0.25) is 0 Å². The Hall–Kier alpha value is 0.0700. The van der Waals surface area contributed by atoms with Crippen molar-refractivity contribution in [3.63, 3.8) is 0 Å². The number of hydrogen-bond acceptors (Lipinski definition) is 3. The molecule has 0 saturated heterocycles. The van der Waals surface area contributed by atoms with Crippen LogP contribution in [-0.4, -0.2) is 34.5 Å². The molecule has 0 aromatic heterocycles. The molecular weight excluding hydrogens is 186 g/mol. The van der Waals surface area contributed by atoms with Crippen LogP contribution < -0.4 is 5.73 Å². The standard InChI is InChI=1S/C9H21NO2S/c1-8(10)7-13(11)6-5-9(2,3)12-4/h8H,5-7,10H2,1-4H3. The number of rotatable bonds is 6. The molecule has 0 aromatic carbocycles. The van der Waals surface area contributed by atoms with Crippen molar-refractivity contribution < 1.29 is 8.95 Å². The number of hydrogen-bond donors (Lipinski definition) is 1. The van der Waals surface area contributed by atoms with Crippen LogP contribution in [0.25, 0.3) is 0 Å². The van der Waals surface area contributed by atoms with Gasteiger partial charge < -0.3 is 10.5 Å². The molecule has 2 unspecified atom stereocenters. The minimum absolute atomic E-state index is 0.0199. The van der Waals surface area contributed by atoms with Crippen molar-refractivity contribution in [1.82, 2.24) is 0 Å². The highest BCUT2D eigenvalue weighted by Gasteiger charge is 2.17. The number of nitrogens with two attached hydrogens (primary N) is 1. The summed E-state index contributed by atoms with van der Waals surface area (Å²) in [6, 6.07) is 0.0199. The first kappa shape index (κ1) is 13.1. The van der Waals surface area contributed by atoms with Crippen molar-refractivity contribution in [2.75, 3.05) is 18.6 Å². The molecule has 0 radical (unpaired) electrons. The van der Waals surface area contributed by atoms with Crippen LogP contribution in [0.3, 0.4) is 0 Å². The second-order valence-electron chi connectivity index (χ2n) is 4.00. The highest BCUT2D eigenvalue weighted by Crippen LogP contribution is 2.13. The van der Waals surface area contributed by atoms with Gasteiger partial charge in [0, 0.05) is 35.5 Å². The smallest absolute Gasteiger partial charge is 0.0631 e. The van der Waals surface area contributed by atoms with Gasteiger partial charge in [-0.05, 0) is 27.2 Å². The lowest BCUT2D eigenvalue weighted by atomic mass is 10.1. The Bertz CT molecular complexity index is 169. The van der Waals surface area contributed by atoms with E-state index >= 15 is 0 Å². The van der Waals surface area contributed by atoms with E-state index in [1.165, 1.54) is 0 Å². The van der Waals surface area contributed by atoms with Crippen LogP contribution in [0.5, 0.6) is 0 Å². The lowest BCUT2D eigenvalue weighted by molar-refractivity contribution is 0.0205. The number of ether oxygens (including phenoxy) is 1. The Kier molecular flexibility index (Phi) is 5.76. The molecular formula is C9H21NO2S. The topological polar surface area (TPSA) is 52.3 Å². The summed E-state index contributed by atoms with van der Waals surface area (Å²) >= 11 is 0. The van der Waals surface area contributed by atoms with E-state index in [1.54, 1.807) is 7.11 Å². The van der Waals surface area contributed by atoms with Crippen LogP contribution in [0, 0.1) is 0 Å². The van der Waals surface area contributed by atoms with E-state index in [1.807, 2.05) is 20.8 Å². The van der Waals surface area contributed by atoms with E-state index in [2.05, 4.69) is 0 Å². The molecule has 0 rings (SSSR count). The third-order valence-corrected chi connectivity index (χ3v) is 3.49. The van der Waals surface area contributed by atoms with E-state index in [-0.39, 0.29) is 11.6 Å². The van der Waals surface area contributed by atoms with Crippen LogP contribution in [0.4, 0.5) is 0 Å². The van der Waals surface area contributed by atoms with Crippen molar-refractivity contribution in [1.29, 1.82) is 0 Å². The Morgan fingerprint density at radius 3 is 2.46 bits per heavy atom. The zero-order valence-electron chi connectivity index (χ0n) is 9.00. The fourth-order valence-corrected chi connectivity index (χ4v) is 2.31. The maximum Gasteiger partial charge on any atom is 0.0631 e. The van der Waals surface area contributed by atoms with Gasteiger partial charge in [0.1, 0.15) is 0 Å². The van der Waals surface area contributed by atoms with Crippen molar-refractivity contribution >= 4 is 10.8 Å². The lowest BCUT2D eigenvalue weighted by Gasteiger charge is -2.22. The monoisotopic (exact) mass is 207 g/mol. The maximum absolute atomic E-state index is 11.4. The van der Waals surface area contributed by atoms with Crippen LogP contribution in [-0.2, 0) is 15.5 Å².